The van der Waals surface area contributed by atoms with Crippen molar-refractivity contribution in [3.8, 4) is 0 Å². The fourth-order valence-electron chi connectivity index (χ4n) is 2.59. The number of nitro groups is 1. The Hall–Kier alpha value is -3.05. The maximum Gasteiger partial charge on any atom is 0.298 e. The van der Waals surface area contributed by atoms with Crippen molar-refractivity contribution >= 4 is 28.8 Å². The van der Waals surface area contributed by atoms with E-state index in [2.05, 4.69) is 25.6 Å². The Bertz CT molecular complexity index is 747. The van der Waals surface area contributed by atoms with Crippen molar-refractivity contribution in [1.82, 2.24) is 4.90 Å². The Morgan fingerprint density at radius 2 is 1.96 bits per heavy atom. The Morgan fingerprint density at radius 3 is 2.60 bits per heavy atom. The summed E-state index contributed by atoms with van der Waals surface area (Å²) < 4.78 is 5.30. The van der Waals surface area contributed by atoms with Crippen LogP contribution >= 0.6 is 0 Å². The lowest BCUT2D eigenvalue weighted by molar-refractivity contribution is -0.384. The van der Waals surface area contributed by atoms with E-state index in [0.29, 0.717) is 25.3 Å². The number of hydrogen-bond donors (Lipinski definition) is 3. The molecular weight excluding hydrogens is 328 g/mol. The summed E-state index contributed by atoms with van der Waals surface area (Å²) in [7, 11) is 0. The fourth-order valence-corrected chi connectivity index (χ4v) is 2.59. The largest absolute Gasteiger partial charge is 0.380 e. The number of nitrogens with zero attached hydrogens (tertiary/aromatic N) is 5. The zero-order valence-corrected chi connectivity index (χ0v) is 13.4. The second kappa shape index (κ2) is 7.23. The molecule has 11 heteroatoms. The Labute approximate surface area is 143 Å². The third-order valence-corrected chi connectivity index (χ3v) is 3.84. The molecule has 0 saturated carbocycles. The molecule has 0 bridgehead atoms. The molecule has 0 unspecified atom stereocenters. The molecule has 0 aliphatic carbocycles. The van der Waals surface area contributed by atoms with Crippen LogP contribution in [0.4, 0.5) is 11.4 Å². The summed E-state index contributed by atoms with van der Waals surface area (Å²) in [4.78, 5) is 13.3. The number of hydrazone groups is 1. The van der Waals surface area contributed by atoms with Gasteiger partial charge in [-0.2, -0.15) is 5.10 Å². The van der Waals surface area contributed by atoms with E-state index in [1.807, 2.05) is 0 Å². The van der Waals surface area contributed by atoms with E-state index in [4.69, 9.17) is 16.2 Å². The van der Waals surface area contributed by atoms with Crippen molar-refractivity contribution in [2.45, 2.75) is 6.54 Å². The van der Waals surface area contributed by atoms with E-state index in [-0.39, 0.29) is 28.8 Å². The number of rotatable bonds is 5. The Kier molecular flexibility index (Phi) is 4.86. The normalized spacial score (nSPS) is 17.8. The van der Waals surface area contributed by atoms with E-state index in [9.17, 15) is 10.1 Å². The van der Waals surface area contributed by atoms with Gasteiger partial charge in [-0.05, 0) is 6.07 Å². The van der Waals surface area contributed by atoms with E-state index in [0.717, 1.165) is 13.1 Å². The number of amidine groups is 2. The first kappa shape index (κ1) is 16.8. The predicted molar refractivity (Wildman–Crippen MR) is 93.5 cm³/mol. The van der Waals surface area contributed by atoms with Crippen molar-refractivity contribution in [2.75, 3.05) is 31.7 Å². The second-order valence-corrected chi connectivity index (χ2v) is 5.50. The van der Waals surface area contributed by atoms with E-state index < -0.39 is 4.92 Å². The fraction of sp³-hybridized carbons (Fsp3) is 0.357. The molecule has 2 aliphatic heterocycles. The predicted octanol–water partition coefficient (Wildman–Crippen LogP) is -0.162. The third-order valence-electron chi connectivity index (χ3n) is 3.84. The van der Waals surface area contributed by atoms with Gasteiger partial charge in [-0.25, -0.2) is 0 Å². The summed E-state index contributed by atoms with van der Waals surface area (Å²) in [6.07, 6.45) is 0. The summed E-state index contributed by atoms with van der Waals surface area (Å²) in [5, 5.41) is 22.8. The molecule has 1 aromatic rings. The molecule has 1 aromatic carbocycles. The second-order valence-electron chi connectivity index (χ2n) is 5.50. The van der Waals surface area contributed by atoms with E-state index in [1.54, 1.807) is 18.2 Å². The summed E-state index contributed by atoms with van der Waals surface area (Å²) >= 11 is 0. The van der Waals surface area contributed by atoms with Crippen LogP contribution in [0.5, 0.6) is 0 Å². The number of para-hydroxylation sites is 1. The Balaban J connectivity index is 1.85. The van der Waals surface area contributed by atoms with Gasteiger partial charge in [0.15, 0.2) is 17.4 Å². The minimum atomic E-state index is -0.429. The number of nitro benzene ring substituents is 1. The molecular formula is C14H18N8O3. The first-order chi connectivity index (χ1) is 12.1. The van der Waals surface area contributed by atoms with Crippen LogP contribution < -0.4 is 16.9 Å². The van der Waals surface area contributed by atoms with Gasteiger partial charge in [0.25, 0.3) is 5.69 Å². The van der Waals surface area contributed by atoms with Crippen LogP contribution in [-0.2, 0) is 11.3 Å². The van der Waals surface area contributed by atoms with Gasteiger partial charge >= 0.3 is 0 Å². The van der Waals surface area contributed by atoms with Crippen LogP contribution in [0.2, 0.25) is 0 Å². The summed E-state index contributed by atoms with van der Waals surface area (Å²) in [6.45, 7) is 3.17. The van der Waals surface area contributed by atoms with Gasteiger partial charge < -0.3 is 16.2 Å². The first-order valence-electron chi connectivity index (χ1n) is 7.63. The number of benzene rings is 1. The van der Waals surface area contributed by atoms with E-state index in [1.165, 1.54) is 0 Å². The average Bonchev–Trinajstić information content (AvgIpc) is 2.92. The van der Waals surface area contributed by atoms with Crippen molar-refractivity contribution in [3.05, 3.63) is 33.9 Å². The Morgan fingerprint density at radius 1 is 1.28 bits per heavy atom. The molecule has 2 aliphatic rings. The lowest BCUT2D eigenvalue weighted by Gasteiger charge is -2.26. The molecule has 3 rings (SSSR count). The van der Waals surface area contributed by atoms with E-state index >= 15 is 0 Å². The topological polar surface area (TPSA) is 157 Å². The van der Waals surface area contributed by atoms with Gasteiger partial charge in [0.05, 0.1) is 18.1 Å². The summed E-state index contributed by atoms with van der Waals surface area (Å²) in [6, 6.07) is 5.03. The number of nitrogens with two attached hydrogens (primary N) is 2. The monoisotopic (exact) mass is 346 g/mol. The van der Waals surface area contributed by atoms with Crippen molar-refractivity contribution in [3.63, 3.8) is 0 Å². The number of anilines is 1. The lowest BCUT2D eigenvalue weighted by Crippen LogP contribution is -2.35. The van der Waals surface area contributed by atoms with Gasteiger partial charge in [0.1, 0.15) is 5.69 Å². The summed E-state index contributed by atoms with van der Waals surface area (Å²) in [5.41, 5.74) is 14.8. The maximum atomic E-state index is 11.6. The molecule has 0 radical (unpaired) electrons. The lowest BCUT2D eigenvalue weighted by atomic mass is 10.1. The highest BCUT2D eigenvalue weighted by molar-refractivity contribution is 6.68. The van der Waals surface area contributed by atoms with Crippen molar-refractivity contribution in [2.24, 2.45) is 26.8 Å². The van der Waals surface area contributed by atoms with Crippen molar-refractivity contribution < 1.29 is 9.66 Å². The molecule has 132 valence electrons. The van der Waals surface area contributed by atoms with Gasteiger partial charge in [-0.15, -0.1) is 10.2 Å². The molecule has 5 N–H and O–H groups in total. The molecule has 1 fully saturated rings. The molecule has 25 heavy (non-hydrogen) atoms. The van der Waals surface area contributed by atoms with Crippen molar-refractivity contribution in [1.29, 1.82) is 0 Å². The minimum absolute atomic E-state index is 0.0395. The van der Waals surface area contributed by atoms with Crippen LogP contribution in [0.25, 0.3) is 0 Å². The first-order valence-corrected chi connectivity index (χ1v) is 7.63. The maximum absolute atomic E-state index is 11.6. The molecule has 0 amide bonds. The molecule has 0 atom stereocenters. The van der Waals surface area contributed by atoms with Crippen LogP contribution in [0.1, 0.15) is 5.56 Å². The smallest absolute Gasteiger partial charge is 0.298 e. The summed E-state index contributed by atoms with van der Waals surface area (Å²) in [5.74, 6) is 0.106. The quantitative estimate of drug-likeness (QED) is 0.493. The highest BCUT2D eigenvalue weighted by Crippen LogP contribution is 2.30. The van der Waals surface area contributed by atoms with Gasteiger partial charge in [-0.1, -0.05) is 12.1 Å². The van der Waals surface area contributed by atoms with Crippen LogP contribution in [0, 0.1) is 10.1 Å². The molecule has 1 saturated heterocycles. The van der Waals surface area contributed by atoms with Gasteiger partial charge in [0, 0.05) is 25.2 Å². The molecule has 0 aromatic heterocycles. The average molecular weight is 346 g/mol. The molecule has 11 nitrogen and oxygen atoms in total. The third kappa shape index (κ3) is 3.72. The van der Waals surface area contributed by atoms with Gasteiger partial charge in [-0.3, -0.25) is 20.4 Å². The minimum Gasteiger partial charge on any atom is -0.380 e. The highest BCUT2D eigenvalue weighted by atomic mass is 16.6. The van der Waals surface area contributed by atoms with Crippen LogP contribution in [0.3, 0.4) is 0 Å². The van der Waals surface area contributed by atoms with Gasteiger partial charge in [0.2, 0.25) is 0 Å². The molecule has 0 spiro atoms. The zero-order valence-electron chi connectivity index (χ0n) is 13.4. The zero-order chi connectivity index (χ0) is 17.8. The number of ether oxygens (including phenoxy) is 1. The number of nitrogens with one attached hydrogen (secondary N) is 1. The SMILES string of the molecule is NC1=NN=C(N)C1=NNc1cccc(CN2CCOCC2)c1[N+](=O)[O-]. The van der Waals surface area contributed by atoms with Crippen LogP contribution in [0.15, 0.2) is 33.5 Å². The number of hydrogen-bond acceptors (Lipinski definition) is 10. The molecule has 2 heterocycles. The standard InChI is InChI=1S/C14H18N8O3/c15-13-11(14(16)20-19-13)18-17-10-3-1-2-9(12(10)22(23)24)8-21-4-6-25-7-5-21/h1-3,17H,4-8H2,(H4,15,16,18,19,20). The van der Waals surface area contributed by atoms with Crippen LogP contribution in [-0.4, -0.2) is 53.5 Å². The highest BCUT2D eigenvalue weighted by Gasteiger charge is 2.23. The number of morpholine rings is 1.